The molecule has 0 radical (unpaired) electrons. The van der Waals surface area contributed by atoms with Gasteiger partial charge in [0.25, 0.3) is 0 Å². The minimum Gasteiger partial charge on any atom is -0.380 e. The molecule has 0 aliphatic rings. The molecule has 0 unspecified atom stereocenters. The van der Waals surface area contributed by atoms with E-state index in [0.29, 0.717) is 11.4 Å². The van der Waals surface area contributed by atoms with Crippen LogP contribution in [0.15, 0.2) is 81.6 Å². The summed E-state index contributed by atoms with van der Waals surface area (Å²) in [5.41, 5.74) is 25.0. The number of nitrogens with zero attached hydrogens (tertiary/aromatic N) is 8. The third-order valence-electron chi connectivity index (χ3n) is 3.58. The fourth-order valence-electron chi connectivity index (χ4n) is 2.09. The smallest absolute Gasteiger partial charge is 0.172 e. The van der Waals surface area contributed by atoms with Crippen molar-refractivity contribution >= 4 is 23.3 Å². The molecule has 12 heteroatoms. The monoisotopic (exact) mass is 402 g/mol. The van der Waals surface area contributed by atoms with Crippen molar-refractivity contribution < 1.29 is 0 Å². The van der Waals surface area contributed by atoms with Crippen molar-refractivity contribution in [3.8, 4) is 0 Å². The normalized spacial score (nSPS) is 13.3. The van der Waals surface area contributed by atoms with Crippen LogP contribution in [-0.4, -0.2) is 43.3 Å². The molecule has 30 heavy (non-hydrogen) atoms. The summed E-state index contributed by atoms with van der Waals surface area (Å²) >= 11 is 0. The summed E-state index contributed by atoms with van der Waals surface area (Å²) in [6, 6.07) is 12.0. The Morgan fingerprint density at radius 3 is 1.30 bits per heavy atom. The second-order valence-electron chi connectivity index (χ2n) is 5.66. The van der Waals surface area contributed by atoms with E-state index in [4.69, 9.17) is 22.9 Å². The minimum atomic E-state index is 0.00170. The highest BCUT2D eigenvalue weighted by Gasteiger charge is 2.07. The van der Waals surface area contributed by atoms with Gasteiger partial charge in [0.1, 0.15) is 29.1 Å². The van der Waals surface area contributed by atoms with Gasteiger partial charge in [-0.15, -0.1) is 20.4 Å². The Kier molecular flexibility index (Phi) is 6.30. The maximum atomic E-state index is 5.93. The third kappa shape index (κ3) is 5.16. The van der Waals surface area contributed by atoms with Gasteiger partial charge in [0.05, 0.1) is 0 Å². The molecule has 0 amide bonds. The fraction of sp³-hybridized carbons (Fsp3) is 0. The van der Waals surface area contributed by atoms with Crippen LogP contribution in [0.1, 0.15) is 22.8 Å². The van der Waals surface area contributed by atoms with Gasteiger partial charge < -0.3 is 22.9 Å². The lowest BCUT2D eigenvalue weighted by molar-refractivity contribution is 1.10. The molecule has 0 aliphatic heterocycles. The van der Waals surface area contributed by atoms with E-state index in [9.17, 15) is 0 Å². The van der Waals surface area contributed by atoms with Crippen LogP contribution in [0.5, 0.6) is 0 Å². The number of hydrogen-bond acceptors (Lipinski definition) is 8. The highest BCUT2D eigenvalue weighted by atomic mass is 15.3. The highest BCUT2D eigenvalue weighted by Crippen LogP contribution is 2.01. The molecular weight excluding hydrogens is 384 g/mol. The van der Waals surface area contributed by atoms with Gasteiger partial charge in [-0.3, -0.25) is 9.97 Å². The van der Waals surface area contributed by atoms with Gasteiger partial charge in [-0.25, -0.2) is 9.97 Å². The van der Waals surface area contributed by atoms with E-state index in [1.165, 1.54) is 12.4 Å². The molecule has 0 bridgehead atoms. The number of nitrogens with two attached hydrogens (primary N) is 4. The van der Waals surface area contributed by atoms with Crippen LogP contribution in [0.25, 0.3) is 0 Å². The van der Waals surface area contributed by atoms with Crippen molar-refractivity contribution in [2.75, 3.05) is 0 Å². The SMILES string of the molecule is N/C(=N\N=C(/N)c1cc(/C(N)=N/N=C(\N)c2ccccn2)ncn1)c1ccccn1. The molecule has 0 saturated carbocycles. The van der Waals surface area contributed by atoms with Crippen LogP contribution in [0.2, 0.25) is 0 Å². The van der Waals surface area contributed by atoms with Crippen molar-refractivity contribution in [1.82, 2.24) is 19.9 Å². The number of pyridine rings is 2. The molecule has 0 fully saturated rings. The Morgan fingerprint density at radius 1 is 0.533 bits per heavy atom. The van der Waals surface area contributed by atoms with Gasteiger partial charge in [-0.1, -0.05) is 12.1 Å². The topological polar surface area (TPSA) is 205 Å². The fourth-order valence-corrected chi connectivity index (χ4v) is 2.09. The first kappa shape index (κ1) is 20.0. The quantitative estimate of drug-likeness (QED) is 0.235. The van der Waals surface area contributed by atoms with E-state index in [-0.39, 0.29) is 34.7 Å². The molecule has 0 saturated heterocycles. The molecule has 12 nitrogen and oxygen atoms in total. The largest absolute Gasteiger partial charge is 0.380 e. The van der Waals surface area contributed by atoms with Crippen LogP contribution < -0.4 is 22.9 Å². The number of rotatable bonds is 6. The molecule has 3 heterocycles. The second-order valence-corrected chi connectivity index (χ2v) is 5.66. The molecule has 3 aromatic heterocycles. The molecule has 3 rings (SSSR count). The van der Waals surface area contributed by atoms with E-state index in [0.717, 1.165) is 0 Å². The van der Waals surface area contributed by atoms with Gasteiger partial charge in [0.2, 0.25) is 0 Å². The zero-order valence-electron chi connectivity index (χ0n) is 15.7. The standard InChI is InChI=1S/C18H18N12/c19-15(11-5-1-3-7-23-11)27-29-17(21)13-9-14(26-10-25-13)18(22)30-28-16(20)12-6-2-4-8-24-12/h1-10H,(H2,19,27)(H2,20,28)(H2,21,29)(H2,22,30). The Morgan fingerprint density at radius 2 is 0.933 bits per heavy atom. The lowest BCUT2D eigenvalue weighted by Crippen LogP contribution is -2.21. The van der Waals surface area contributed by atoms with E-state index >= 15 is 0 Å². The zero-order valence-corrected chi connectivity index (χ0v) is 15.7. The van der Waals surface area contributed by atoms with Crippen molar-refractivity contribution in [3.05, 3.63) is 84.0 Å². The van der Waals surface area contributed by atoms with E-state index in [1.807, 2.05) is 0 Å². The summed E-state index contributed by atoms with van der Waals surface area (Å²) in [5, 5.41) is 15.5. The van der Waals surface area contributed by atoms with Crippen LogP contribution in [-0.2, 0) is 0 Å². The summed E-state index contributed by atoms with van der Waals surface area (Å²) in [6.45, 7) is 0. The zero-order chi connectivity index (χ0) is 21.3. The Labute approximate surface area is 171 Å². The lowest BCUT2D eigenvalue weighted by atomic mass is 10.3. The van der Waals surface area contributed by atoms with Crippen LogP contribution >= 0.6 is 0 Å². The average molecular weight is 402 g/mol. The molecule has 3 aromatic rings. The molecular formula is C18H18N12. The summed E-state index contributed by atoms with van der Waals surface area (Å²) in [4.78, 5) is 16.2. The molecule has 0 atom stereocenters. The van der Waals surface area contributed by atoms with Gasteiger partial charge in [-0.05, 0) is 30.3 Å². The van der Waals surface area contributed by atoms with Crippen LogP contribution in [0.3, 0.4) is 0 Å². The minimum absolute atomic E-state index is 0.00170. The average Bonchev–Trinajstić information content (AvgIpc) is 2.81. The summed E-state index contributed by atoms with van der Waals surface area (Å²) in [7, 11) is 0. The summed E-state index contributed by atoms with van der Waals surface area (Å²) in [6.07, 6.45) is 4.44. The van der Waals surface area contributed by atoms with Gasteiger partial charge in [-0.2, -0.15) is 0 Å². The van der Waals surface area contributed by atoms with Crippen molar-refractivity contribution in [1.29, 1.82) is 0 Å². The van der Waals surface area contributed by atoms with Crippen molar-refractivity contribution in [2.24, 2.45) is 43.3 Å². The Balaban J connectivity index is 1.79. The van der Waals surface area contributed by atoms with Crippen molar-refractivity contribution in [2.45, 2.75) is 0 Å². The molecule has 150 valence electrons. The molecule has 8 N–H and O–H groups in total. The Hall–Kier alpha value is -4.74. The maximum Gasteiger partial charge on any atom is 0.172 e. The van der Waals surface area contributed by atoms with E-state index in [1.54, 1.807) is 48.8 Å². The van der Waals surface area contributed by atoms with Crippen molar-refractivity contribution in [3.63, 3.8) is 0 Å². The van der Waals surface area contributed by atoms with E-state index < -0.39 is 0 Å². The summed E-state index contributed by atoms with van der Waals surface area (Å²) < 4.78 is 0. The number of hydrogen-bond donors (Lipinski definition) is 4. The first-order valence-electron chi connectivity index (χ1n) is 8.53. The van der Waals surface area contributed by atoms with E-state index in [2.05, 4.69) is 40.3 Å². The maximum absolute atomic E-state index is 5.93. The number of aromatic nitrogens is 4. The third-order valence-corrected chi connectivity index (χ3v) is 3.58. The van der Waals surface area contributed by atoms with Gasteiger partial charge in [0.15, 0.2) is 23.3 Å². The Bertz CT molecular complexity index is 1030. The first-order chi connectivity index (χ1) is 14.5. The second kappa shape index (κ2) is 9.45. The van der Waals surface area contributed by atoms with Gasteiger partial charge in [0, 0.05) is 12.4 Å². The molecule has 0 aliphatic carbocycles. The predicted octanol–water partition coefficient (Wildman–Crippen LogP) is -0.682. The lowest BCUT2D eigenvalue weighted by Gasteiger charge is -2.02. The van der Waals surface area contributed by atoms with Crippen LogP contribution in [0, 0.1) is 0 Å². The van der Waals surface area contributed by atoms with Gasteiger partial charge >= 0.3 is 0 Å². The first-order valence-corrected chi connectivity index (χ1v) is 8.53. The highest BCUT2D eigenvalue weighted by molar-refractivity contribution is 6.02. The molecule has 0 spiro atoms. The number of amidine groups is 4. The summed E-state index contributed by atoms with van der Waals surface area (Å²) in [5.74, 6) is 0.213. The van der Waals surface area contributed by atoms with Crippen LogP contribution in [0.4, 0.5) is 0 Å². The predicted molar refractivity (Wildman–Crippen MR) is 113 cm³/mol. The molecule has 0 aromatic carbocycles.